The summed E-state index contributed by atoms with van der Waals surface area (Å²) in [5.41, 5.74) is 13.5. The minimum Gasteiger partial charge on any atom is -0.508 e. The number of phenolic OH excluding ortho intramolecular Hbond substituents is 13. The van der Waals surface area contributed by atoms with Crippen molar-refractivity contribution in [2.75, 3.05) is 32.7 Å². The van der Waals surface area contributed by atoms with Crippen LogP contribution in [0.25, 0.3) is 66.7 Å². The van der Waals surface area contributed by atoms with Crippen LogP contribution >= 0.6 is 0 Å². The lowest BCUT2D eigenvalue weighted by Gasteiger charge is -2.07. The smallest absolute Gasteiger partial charge is 0.251 e. The molecule has 0 saturated heterocycles. The van der Waals surface area contributed by atoms with Crippen molar-refractivity contribution in [1.29, 1.82) is 0 Å². The van der Waals surface area contributed by atoms with Gasteiger partial charge < -0.3 is 118 Å². The van der Waals surface area contributed by atoms with E-state index in [1.54, 1.807) is 91.0 Å². The summed E-state index contributed by atoms with van der Waals surface area (Å²) in [5, 5.41) is 141. The standard InChI is InChI=1S/C19H18N2O3.C19H18N2O2.C18H18N2O4.C17H16N2O5.C17H16N2O4/c22-15-4-1-13(2-5-15)3-8-19(24)20-10-9-14-12-21-18-7-6-16(23)11-17(14)18;22-16-8-5-14(6-9-16)7-10-19(23)20-12-11-15-13-21-18-4-2-1-3-17(15)18;1-10-2-3-14-13(6-10)11(9-20-14)4-5-19-18(24)12-7-15(21)17(23)16(22)8-12;20-11-1-2-13-12(7-11)9(8-19-13)3-4-18-17(24)10-5-14(21)16(23)15(22)6-10;20-14-7-11(8-15(21)16(14)22)17(23)18-6-5-10-9-19-13-4-2-1-3-12(10)13/h1-8,11-12,21-23H,9-10H2,(H,20,24);1-10,13,21-22H,11-12H2,(H,20,23);2-3,6-9,20-23H,4-5H2,1H3,(H,19,24);1-2,5-8,19-23H,3-4H2,(H,18,24);1-4,7-9,19-22H,5-6H2,(H,18,23)/b8-3+;10-7+;;;. The molecule has 0 bridgehead atoms. The van der Waals surface area contributed by atoms with Crippen LogP contribution in [-0.2, 0) is 41.7 Å². The van der Waals surface area contributed by atoms with Crippen molar-refractivity contribution < 1.29 is 90.4 Å². The van der Waals surface area contributed by atoms with Crippen LogP contribution in [0.5, 0.6) is 74.7 Å². The molecule has 0 aliphatic heterocycles. The summed E-state index contributed by atoms with van der Waals surface area (Å²) in [6.45, 7) is 4.25. The van der Waals surface area contributed by atoms with E-state index in [0.29, 0.717) is 58.4 Å². The lowest BCUT2D eigenvalue weighted by molar-refractivity contribution is -0.117. The topological polar surface area (TPSA) is 487 Å². The SMILES string of the molecule is Cc1ccc2[nH]cc(CCNC(=O)c3cc(O)c(O)c(O)c3)c2c1.O=C(/C=C/c1ccc(O)cc1)NCCc1c[nH]c2ccc(O)cc12.O=C(/C=C/c1ccc(O)cc1)NCCc1c[nH]c2ccccc12.O=C(NCCc1c[nH]c2ccc(O)cc12)c1cc(O)c(O)c(O)c1.O=C(NCCc1c[nH]c2ccccc12)c1cc(O)c(O)c(O)c1. The number of aryl methyl sites for hydroxylation is 1. The molecule has 5 aromatic heterocycles. The third kappa shape index (κ3) is 22.3. The molecule has 0 atom stereocenters. The highest BCUT2D eigenvalue weighted by atomic mass is 16.3. The summed E-state index contributed by atoms with van der Waals surface area (Å²) in [6.07, 6.45) is 19.2. The fourth-order valence-electron chi connectivity index (χ4n) is 12.6. The number of H-pyrrole nitrogens is 5. The number of para-hydroxylation sites is 2. The van der Waals surface area contributed by atoms with Crippen LogP contribution in [0.4, 0.5) is 0 Å². The van der Waals surface area contributed by atoms with Crippen molar-refractivity contribution in [3.05, 3.63) is 292 Å². The molecule has 0 aliphatic rings. The Morgan fingerprint density at radius 2 is 0.551 bits per heavy atom. The van der Waals surface area contributed by atoms with Gasteiger partial charge in [-0.25, -0.2) is 0 Å². The van der Waals surface area contributed by atoms with E-state index in [2.05, 4.69) is 63.6 Å². The molecule has 28 heteroatoms. The van der Waals surface area contributed by atoms with Gasteiger partial charge in [0.2, 0.25) is 11.8 Å². The van der Waals surface area contributed by atoms with Crippen molar-refractivity contribution in [3.8, 4) is 74.7 Å². The third-order valence-corrected chi connectivity index (χ3v) is 18.8. The summed E-state index contributed by atoms with van der Waals surface area (Å²) in [6, 6.07) is 52.3. The van der Waals surface area contributed by atoms with Gasteiger partial charge in [0, 0.05) is 147 Å². The molecule has 28 nitrogen and oxygen atoms in total. The van der Waals surface area contributed by atoms with Crippen LogP contribution in [0, 0.1) is 6.92 Å². The van der Waals surface area contributed by atoms with Gasteiger partial charge in [0.25, 0.3) is 17.7 Å². The number of hydrogen-bond donors (Lipinski definition) is 23. The Balaban J connectivity index is 0.000000145. The van der Waals surface area contributed by atoms with Crippen molar-refractivity contribution in [2.45, 2.75) is 39.0 Å². The molecular weight excluding hydrogens is 1510 g/mol. The van der Waals surface area contributed by atoms with E-state index in [1.165, 1.54) is 28.7 Å². The zero-order valence-corrected chi connectivity index (χ0v) is 63.5. The van der Waals surface area contributed by atoms with Gasteiger partial charge >= 0.3 is 0 Å². The van der Waals surface area contributed by atoms with Gasteiger partial charge in [-0.15, -0.1) is 0 Å². The summed E-state index contributed by atoms with van der Waals surface area (Å²) in [4.78, 5) is 75.6. The third-order valence-electron chi connectivity index (χ3n) is 18.8. The highest BCUT2D eigenvalue weighted by molar-refractivity contribution is 5.98. The fourth-order valence-corrected chi connectivity index (χ4v) is 12.6. The second kappa shape index (κ2) is 39.1. The first-order valence-electron chi connectivity index (χ1n) is 37.1. The van der Waals surface area contributed by atoms with Gasteiger partial charge in [0.05, 0.1) is 0 Å². The van der Waals surface area contributed by atoms with E-state index in [9.17, 15) is 90.4 Å². The number of nitrogens with one attached hydrogen (secondary N) is 10. The molecule has 10 aromatic carbocycles. The van der Waals surface area contributed by atoms with Crippen LogP contribution in [0.15, 0.2) is 231 Å². The van der Waals surface area contributed by atoms with E-state index in [0.717, 1.165) is 125 Å². The Hall–Kier alpha value is -15.9. The fraction of sp³-hybridized carbons (Fsp3) is 0.122. The molecule has 118 heavy (non-hydrogen) atoms. The number of phenols is 13. The molecule has 5 heterocycles. The maximum atomic E-state index is 12.1. The molecule has 0 fully saturated rings. The van der Waals surface area contributed by atoms with Crippen LogP contribution < -0.4 is 26.6 Å². The number of carbonyl (C=O) groups is 5. The van der Waals surface area contributed by atoms with Crippen LogP contribution in [0.1, 0.15) is 75.6 Å². The first-order chi connectivity index (χ1) is 56.8. The molecule has 23 N–H and O–H groups in total. The number of aromatic hydroxyl groups is 13. The Bertz CT molecular complexity index is 5910. The minimum atomic E-state index is -0.662. The molecule has 5 amide bonds. The van der Waals surface area contributed by atoms with E-state index < -0.39 is 69.5 Å². The van der Waals surface area contributed by atoms with Gasteiger partial charge in [-0.1, -0.05) is 72.3 Å². The molecule has 0 aliphatic carbocycles. The Morgan fingerprint density at radius 1 is 0.288 bits per heavy atom. The largest absolute Gasteiger partial charge is 0.508 e. The first kappa shape index (κ1) is 83.1. The number of carbonyl (C=O) groups excluding carboxylic acids is 5. The molecular formula is C90H86N10O18. The molecule has 0 saturated carbocycles. The summed E-state index contributed by atoms with van der Waals surface area (Å²) in [5.74, 6) is -6.05. The zero-order valence-electron chi connectivity index (χ0n) is 63.5. The normalized spacial score (nSPS) is 11.0. The predicted octanol–water partition coefficient (Wildman–Crippen LogP) is 13.0. The summed E-state index contributed by atoms with van der Waals surface area (Å²) in [7, 11) is 0. The average molecular weight is 1600 g/mol. The molecule has 15 rings (SSSR count). The number of fused-ring (bicyclic) bond motifs is 5. The second-order valence-electron chi connectivity index (χ2n) is 27.2. The lowest BCUT2D eigenvalue weighted by atomic mass is 10.1. The Kier molecular flexibility index (Phi) is 27.5. The summed E-state index contributed by atoms with van der Waals surface area (Å²) < 4.78 is 0. The molecule has 0 radical (unpaired) electrons. The number of aromatic nitrogens is 5. The molecule has 15 aromatic rings. The van der Waals surface area contributed by atoms with Crippen molar-refractivity contribution in [3.63, 3.8) is 0 Å². The van der Waals surface area contributed by atoms with Gasteiger partial charge in [-0.3, -0.25) is 24.0 Å². The lowest BCUT2D eigenvalue weighted by Crippen LogP contribution is -2.25. The van der Waals surface area contributed by atoms with Crippen LogP contribution in [0.3, 0.4) is 0 Å². The first-order valence-corrected chi connectivity index (χ1v) is 37.1. The maximum absolute atomic E-state index is 12.1. The number of aromatic amines is 5. The van der Waals surface area contributed by atoms with Gasteiger partial charge in [-0.2, -0.15) is 0 Å². The number of hydrogen-bond acceptors (Lipinski definition) is 18. The van der Waals surface area contributed by atoms with Crippen molar-refractivity contribution in [1.82, 2.24) is 51.5 Å². The minimum absolute atomic E-state index is 0.0411. The zero-order chi connectivity index (χ0) is 83.9. The number of amides is 5. The van der Waals surface area contributed by atoms with Gasteiger partial charge in [0.1, 0.15) is 23.0 Å². The molecule has 0 spiro atoms. The average Bonchev–Trinajstić information content (AvgIpc) is 1.77. The quantitative estimate of drug-likeness (QED) is 0.0221. The van der Waals surface area contributed by atoms with E-state index in [4.69, 9.17) is 0 Å². The highest BCUT2D eigenvalue weighted by Crippen LogP contribution is 2.38. The van der Waals surface area contributed by atoms with Crippen molar-refractivity contribution >= 4 is 96.2 Å². The van der Waals surface area contributed by atoms with Gasteiger partial charge in [-0.05, 0) is 211 Å². The van der Waals surface area contributed by atoms with E-state index >= 15 is 0 Å². The maximum Gasteiger partial charge on any atom is 0.251 e. The number of benzene rings is 10. The Morgan fingerprint density at radius 3 is 0.873 bits per heavy atom. The van der Waals surface area contributed by atoms with E-state index in [1.807, 2.05) is 98.6 Å². The monoisotopic (exact) mass is 1590 g/mol. The van der Waals surface area contributed by atoms with Gasteiger partial charge in [0.15, 0.2) is 51.7 Å². The number of rotatable bonds is 22. The van der Waals surface area contributed by atoms with Crippen LogP contribution in [-0.4, -0.2) is 154 Å². The van der Waals surface area contributed by atoms with E-state index in [-0.39, 0.29) is 51.5 Å². The second-order valence-corrected chi connectivity index (χ2v) is 27.2. The van der Waals surface area contributed by atoms with Crippen molar-refractivity contribution in [2.24, 2.45) is 0 Å². The predicted molar refractivity (Wildman–Crippen MR) is 450 cm³/mol. The summed E-state index contributed by atoms with van der Waals surface area (Å²) >= 11 is 0. The highest BCUT2D eigenvalue weighted by Gasteiger charge is 2.18. The molecule has 0 unspecified atom stereocenters. The van der Waals surface area contributed by atoms with Crippen LogP contribution in [0.2, 0.25) is 0 Å². The molecule has 604 valence electrons. The Labute approximate surface area is 673 Å².